The number of hydrogen-bond donors (Lipinski definition) is 0. The van der Waals surface area contributed by atoms with Gasteiger partial charge in [-0.3, -0.25) is 9.78 Å². The third kappa shape index (κ3) is 4.43. The molecular formula is C17H21N3O3S2. The van der Waals surface area contributed by atoms with Gasteiger partial charge >= 0.3 is 0 Å². The molecule has 0 aliphatic carbocycles. The van der Waals surface area contributed by atoms with Crippen LogP contribution in [0, 0.1) is 0 Å². The second-order valence-corrected chi connectivity index (χ2v) is 9.29. The zero-order valence-corrected chi connectivity index (χ0v) is 15.7. The highest BCUT2D eigenvalue weighted by molar-refractivity contribution is 7.91. The van der Waals surface area contributed by atoms with Crippen molar-refractivity contribution in [2.24, 2.45) is 0 Å². The van der Waals surface area contributed by atoms with E-state index >= 15 is 0 Å². The molecule has 1 saturated heterocycles. The van der Waals surface area contributed by atoms with Gasteiger partial charge in [-0.25, -0.2) is 13.4 Å². The van der Waals surface area contributed by atoms with E-state index in [0.717, 1.165) is 22.7 Å². The Morgan fingerprint density at radius 1 is 1.44 bits per heavy atom. The topological polar surface area (TPSA) is 80.2 Å². The first-order valence-electron chi connectivity index (χ1n) is 8.33. The van der Waals surface area contributed by atoms with Crippen molar-refractivity contribution in [1.29, 1.82) is 0 Å². The van der Waals surface area contributed by atoms with Gasteiger partial charge in [0, 0.05) is 35.9 Å². The summed E-state index contributed by atoms with van der Waals surface area (Å²) in [5, 5.41) is 2.72. The summed E-state index contributed by atoms with van der Waals surface area (Å²) in [5.74, 6) is 0.205. The number of carbonyl (C=O) groups excluding carboxylic acids is 1. The zero-order chi connectivity index (χ0) is 17.9. The van der Waals surface area contributed by atoms with Crippen molar-refractivity contribution in [2.45, 2.75) is 32.2 Å². The lowest BCUT2D eigenvalue weighted by Gasteiger charge is -2.27. The van der Waals surface area contributed by atoms with Crippen LogP contribution in [0.1, 0.15) is 25.5 Å². The fourth-order valence-corrected chi connectivity index (χ4v) is 5.58. The molecule has 2 aromatic heterocycles. The second-order valence-electron chi connectivity index (χ2n) is 6.21. The Balaban J connectivity index is 1.70. The van der Waals surface area contributed by atoms with Crippen molar-refractivity contribution in [2.75, 3.05) is 18.1 Å². The maximum Gasteiger partial charge on any atom is 0.228 e. The van der Waals surface area contributed by atoms with Gasteiger partial charge in [-0.05, 0) is 25.0 Å². The van der Waals surface area contributed by atoms with Gasteiger partial charge in [0.25, 0.3) is 0 Å². The van der Waals surface area contributed by atoms with Gasteiger partial charge < -0.3 is 4.90 Å². The van der Waals surface area contributed by atoms with Gasteiger partial charge in [0.2, 0.25) is 5.91 Å². The van der Waals surface area contributed by atoms with E-state index in [1.807, 2.05) is 24.4 Å². The third-order valence-corrected chi connectivity index (χ3v) is 6.92. The number of aromatic nitrogens is 2. The van der Waals surface area contributed by atoms with Crippen LogP contribution in [-0.2, 0) is 21.1 Å². The molecule has 1 aliphatic rings. The predicted octanol–water partition coefficient (Wildman–Crippen LogP) is 2.17. The van der Waals surface area contributed by atoms with Gasteiger partial charge in [0.1, 0.15) is 5.01 Å². The van der Waals surface area contributed by atoms with Crippen molar-refractivity contribution in [3.63, 3.8) is 0 Å². The summed E-state index contributed by atoms with van der Waals surface area (Å²) >= 11 is 1.48. The number of pyridine rings is 1. The van der Waals surface area contributed by atoms with E-state index in [-0.39, 0.29) is 29.9 Å². The van der Waals surface area contributed by atoms with Crippen molar-refractivity contribution in [3.8, 4) is 10.6 Å². The SMILES string of the molecule is CCCN(C(=O)Cc1csc(-c2cccnc2)n1)C1CCS(=O)(=O)C1. The fourth-order valence-electron chi connectivity index (χ4n) is 3.04. The van der Waals surface area contributed by atoms with Gasteiger partial charge in [-0.1, -0.05) is 6.92 Å². The van der Waals surface area contributed by atoms with Gasteiger partial charge in [0.15, 0.2) is 9.84 Å². The van der Waals surface area contributed by atoms with E-state index in [1.165, 1.54) is 11.3 Å². The van der Waals surface area contributed by atoms with E-state index in [1.54, 1.807) is 17.3 Å². The second kappa shape index (κ2) is 7.61. The molecule has 0 spiro atoms. The Morgan fingerprint density at radius 3 is 2.92 bits per heavy atom. The average molecular weight is 380 g/mol. The number of rotatable bonds is 6. The Bertz CT molecular complexity index is 834. The van der Waals surface area contributed by atoms with Crippen molar-refractivity contribution >= 4 is 27.1 Å². The molecule has 1 fully saturated rings. The number of thiazole rings is 1. The highest BCUT2D eigenvalue weighted by Crippen LogP contribution is 2.24. The summed E-state index contributed by atoms with van der Waals surface area (Å²) in [6.07, 6.45) is 5.00. The molecule has 0 saturated carbocycles. The largest absolute Gasteiger partial charge is 0.338 e. The lowest BCUT2D eigenvalue weighted by atomic mass is 10.2. The summed E-state index contributed by atoms with van der Waals surface area (Å²) < 4.78 is 23.5. The monoisotopic (exact) mass is 379 g/mol. The molecule has 3 rings (SSSR count). The Labute approximate surface area is 151 Å². The predicted molar refractivity (Wildman–Crippen MR) is 98.1 cm³/mol. The van der Waals surface area contributed by atoms with Crippen LogP contribution in [0.5, 0.6) is 0 Å². The molecule has 134 valence electrons. The van der Waals surface area contributed by atoms with E-state index in [2.05, 4.69) is 9.97 Å². The first-order chi connectivity index (χ1) is 12.0. The molecule has 0 radical (unpaired) electrons. The first-order valence-corrected chi connectivity index (χ1v) is 11.0. The van der Waals surface area contributed by atoms with Crippen LogP contribution >= 0.6 is 11.3 Å². The molecule has 1 unspecified atom stereocenters. The molecule has 2 aromatic rings. The Hall–Kier alpha value is -1.80. The maximum absolute atomic E-state index is 12.7. The molecule has 3 heterocycles. The lowest BCUT2D eigenvalue weighted by Crippen LogP contribution is -2.42. The normalized spacial score (nSPS) is 19.0. The van der Waals surface area contributed by atoms with Crippen molar-refractivity contribution in [3.05, 3.63) is 35.6 Å². The van der Waals surface area contributed by atoms with E-state index in [0.29, 0.717) is 13.0 Å². The Morgan fingerprint density at radius 2 is 2.28 bits per heavy atom. The highest BCUT2D eigenvalue weighted by atomic mass is 32.2. The van der Waals surface area contributed by atoms with Crippen molar-refractivity contribution < 1.29 is 13.2 Å². The minimum atomic E-state index is -3.01. The highest BCUT2D eigenvalue weighted by Gasteiger charge is 2.34. The van der Waals surface area contributed by atoms with Crippen LogP contribution in [0.4, 0.5) is 0 Å². The smallest absolute Gasteiger partial charge is 0.228 e. The quantitative estimate of drug-likeness (QED) is 0.768. The van der Waals surface area contributed by atoms with Crippen LogP contribution in [0.15, 0.2) is 29.9 Å². The van der Waals surface area contributed by atoms with E-state index in [4.69, 9.17) is 0 Å². The first kappa shape index (κ1) is 18.0. The maximum atomic E-state index is 12.7. The molecule has 1 amide bonds. The average Bonchev–Trinajstić information content (AvgIpc) is 3.19. The van der Waals surface area contributed by atoms with Gasteiger partial charge in [-0.15, -0.1) is 11.3 Å². The zero-order valence-electron chi connectivity index (χ0n) is 14.1. The minimum Gasteiger partial charge on any atom is -0.338 e. The van der Waals surface area contributed by atoms with Crippen LogP contribution < -0.4 is 0 Å². The number of sulfone groups is 1. The molecule has 6 nitrogen and oxygen atoms in total. The molecule has 0 bridgehead atoms. The van der Waals surface area contributed by atoms with E-state index < -0.39 is 9.84 Å². The fraction of sp³-hybridized carbons (Fsp3) is 0.471. The third-order valence-electron chi connectivity index (χ3n) is 4.23. The molecular weight excluding hydrogens is 358 g/mol. The number of nitrogens with zero attached hydrogens (tertiary/aromatic N) is 3. The van der Waals surface area contributed by atoms with Gasteiger partial charge in [0.05, 0.1) is 23.6 Å². The summed E-state index contributed by atoms with van der Waals surface area (Å²) in [6.45, 7) is 2.58. The number of hydrogen-bond acceptors (Lipinski definition) is 6. The molecule has 1 atom stereocenters. The molecule has 1 aliphatic heterocycles. The molecule has 0 aromatic carbocycles. The van der Waals surface area contributed by atoms with Crippen LogP contribution in [-0.4, -0.2) is 53.3 Å². The summed E-state index contributed by atoms with van der Waals surface area (Å²) in [4.78, 5) is 23.1. The summed E-state index contributed by atoms with van der Waals surface area (Å²) in [7, 11) is -3.01. The van der Waals surface area contributed by atoms with E-state index in [9.17, 15) is 13.2 Å². The Kier molecular flexibility index (Phi) is 5.48. The number of carbonyl (C=O) groups is 1. The van der Waals surface area contributed by atoms with Crippen LogP contribution in [0.25, 0.3) is 10.6 Å². The summed E-state index contributed by atoms with van der Waals surface area (Å²) in [6, 6.07) is 3.59. The lowest BCUT2D eigenvalue weighted by molar-refractivity contribution is -0.132. The minimum absolute atomic E-state index is 0.0491. The van der Waals surface area contributed by atoms with Crippen molar-refractivity contribution in [1.82, 2.24) is 14.9 Å². The molecule has 0 N–H and O–H groups in total. The van der Waals surface area contributed by atoms with Crippen LogP contribution in [0.2, 0.25) is 0 Å². The summed E-state index contributed by atoms with van der Waals surface area (Å²) in [5.41, 5.74) is 1.65. The standard InChI is InChI=1S/C17H21N3O3S2/c1-2-7-20(15-5-8-25(22,23)12-15)16(21)9-14-11-24-17(19-14)13-4-3-6-18-10-13/h3-4,6,10-11,15H,2,5,7-9,12H2,1H3. The molecule has 8 heteroatoms. The van der Waals surface area contributed by atoms with Crippen LogP contribution in [0.3, 0.4) is 0 Å². The van der Waals surface area contributed by atoms with Gasteiger partial charge in [-0.2, -0.15) is 0 Å². The number of amides is 1. The molecule has 25 heavy (non-hydrogen) atoms.